The Kier molecular flexibility index (Phi) is 2.34. The highest BCUT2D eigenvalue weighted by Gasteiger charge is 2.41. The number of hydrogen-bond acceptors (Lipinski definition) is 3. The van der Waals surface area contributed by atoms with Gasteiger partial charge in [-0.25, -0.2) is 9.97 Å². The summed E-state index contributed by atoms with van der Waals surface area (Å²) in [6.07, 6.45) is 6.42. The Labute approximate surface area is 96.5 Å². The molecule has 1 aromatic heterocycles. The molecule has 2 saturated carbocycles. The molecule has 0 spiro atoms. The molecule has 3 heteroatoms. The van der Waals surface area contributed by atoms with Crippen LogP contribution in [0.25, 0.3) is 0 Å². The lowest BCUT2D eigenvalue weighted by Crippen LogP contribution is -2.14. The molecule has 1 heterocycles. The zero-order valence-electron chi connectivity index (χ0n) is 9.82. The molecule has 2 fully saturated rings. The van der Waals surface area contributed by atoms with Gasteiger partial charge in [0.15, 0.2) is 0 Å². The number of nitrogens with zero attached hydrogens (tertiary/aromatic N) is 2. The van der Waals surface area contributed by atoms with Crippen molar-refractivity contribution in [3.8, 4) is 0 Å². The first-order chi connectivity index (χ1) is 7.76. The highest BCUT2D eigenvalue weighted by atomic mass is 15.0. The van der Waals surface area contributed by atoms with E-state index in [1.165, 1.54) is 25.7 Å². The fourth-order valence-electron chi connectivity index (χ4n) is 3.45. The molecule has 3 rings (SSSR count). The van der Waals surface area contributed by atoms with Gasteiger partial charge in [0, 0.05) is 17.7 Å². The molecule has 2 N–H and O–H groups in total. The highest BCUT2D eigenvalue weighted by molar-refractivity contribution is 5.31. The van der Waals surface area contributed by atoms with Crippen molar-refractivity contribution < 1.29 is 0 Å². The molecule has 0 aliphatic heterocycles. The van der Waals surface area contributed by atoms with Crippen LogP contribution in [0.1, 0.15) is 50.0 Å². The second-order valence-corrected chi connectivity index (χ2v) is 5.28. The van der Waals surface area contributed by atoms with Crippen molar-refractivity contribution in [3.05, 3.63) is 17.6 Å². The smallest absolute Gasteiger partial charge is 0.134 e. The summed E-state index contributed by atoms with van der Waals surface area (Å²) in [6.45, 7) is 2.12. The van der Waals surface area contributed by atoms with Gasteiger partial charge in [-0.1, -0.05) is 13.3 Å². The van der Waals surface area contributed by atoms with Gasteiger partial charge < -0.3 is 5.73 Å². The molecule has 3 unspecified atom stereocenters. The van der Waals surface area contributed by atoms with E-state index in [1.807, 2.05) is 6.07 Å². The molecule has 3 nitrogen and oxygen atoms in total. The van der Waals surface area contributed by atoms with Crippen LogP contribution in [-0.2, 0) is 6.42 Å². The molecule has 86 valence electrons. The van der Waals surface area contributed by atoms with Crippen LogP contribution in [0.15, 0.2) is 6.07 Å². The van der Waals surface area contributed by atoms with E-state index in [2.05, 4.69) is 16.9 Å². The molecular weight excluding hydrogens is 198 g/mol. The maximum Gasteiger partial charge on any atom is 0.134 e. The van der Waals surface area contributed by atoms with Crippen molar-refractivity contribution in [1.82, 2.24) is 9.97 Å². The minimum atomic E-state index is 0.590. The van der Waals surface area contributed by atoms with Gasteiger partial charge in [-0.3, -0.25) is 0 Å². The number of rotatable bonds is 2. The van der Waals surface area contributed by atoms with E-state index in [0.717, 1.165) is 29.8 Å². The summed E-state index contributed by atoms with van der Waals surface area (Å²) in [7, 11) is 0. The lowest BCUT2D eigenvalue weighted by Gasteiger charge is -2.20. The Balaban J connectivity index is 1.91. The van der Waals surface area contributed by atoms with Gasteiger partial charge in [0.1, 0.15) is 11.6 Å². The van der Waals surface area contributed by atoms with Crippen LogP contribution in [0.2, 0.25) is 0 Å². The Bertz CT molecular complexity index is 402. The minimum Gasteiger partial charge on any atom is -0.384 e. The molecule has 16 heavy (non-hydrogen) atoms. The molecule has 0 saturated heterocycles. The van der Waals surface area contributed by atoms with E-state index in [9.17, 15) is 0 Å². The maximum absolute atomic E-state index is 5.85. The summed E-state index contributed by atoms with van der Waals surface area (Å²) in [6, 6.07) is 1.90. The van der Waals surface area contributed by atoms with E-state index in [1.54, 1.807) is 0 Å². The van der Waals surface area contributed by atoms with Crippen LogP contribution in [-0.4, -0.2) is 9.97 Å². The molecule has 1 aromatic rings. The number of aromatic nitrogens is 2. The van der Waals surface area contributed by atoms with Crippen molar-refractivity contribution in [2.24, 2.45) is 11.8 Å². The van der Waals surface area contributed by atoms with Crippen molar-refractivity contribution in [1.29, 1.82) is 0 Å². The molecule has 0 aromatic carbocycles. The SMILES string of the molecule is CCc1cc(N)nc(C2CC3CCC2C3)n1. The summed E-state index contributed by atoms with van der Waals surface area (Å²) >= 11 is 0. The first kappa shape index (κ1) is 10.1. The monoisotopic (exact) mass is 217 g/mol. The topological polar surface area (TPSA) is 51.8 Å². The Morgan fingerprint density at radius 3 is 2.81 bits per heavy atom. The average Bonchev–Trinajstić information content (AvgIpc) is 2.89. The molecular formula is C13H19N3. The van der Waals surface area contributed by atoms with Gasteiger partial charge in [-0.2, -0.15) is 0 Å². The number of hydrogen-bond donors (Lipinski definition) is 1. The van der Waals surface area contributed by atoms with Crippen LogP contribution in [0.5, 0.6) is 0 Å². The highest BCUT2D eigenvalue weighted by Crippen LogP contribution is 2.52. The van der Waals surface area contributed by atoms with E-state index < -0.39 is 0 Å². The average molecular weight is 217 g/mol. The van der Waals surface area contributed by atoms with Crippen molar-refractivity contribution in [3.63, 3.8) is 0 Å². The zero-order valence-corrected chi connectivity index (χ0v) is 9.82. The number of anilines is 1. The molecule has 2 aliphatic rings. The van der Waals surface area contributed by atoms with E-state index in [-0.39, 0.29) is 0 Å². The molecule has 0 radical (unpaired) electrons. The summed E-state index contributed by atoms with van der Waals surface area (Å²) < 4.78 is 0. The Hall–Kier alpha value is -1.12. The summed E-state index contributed by atoms with van der Waals surface area (Å²) in [4.78, 5) is 9.11. The Morgan fingerprint density at radius 1 is 1.31 bits per heavy atom. The number of nitrogens with two attached hydrogens (primary N) is 1. The predicted molar refractivity (Wildman–Crippen MR) is 64.0 cm³/mol. The lowest BCUT2D eigenvalue weighted by atomic mass is 9.88. The van der Waals surface area contributed by atoms with E-state index in [4.69, 9.17) is 5.73 Å². The molecule has 0 amide bonds. The van der Waals surface area contributed by atoms with Crippen LogP contribution >= 0.6 is 0 Å². The summed E-state index contributed by atoms with van der Waals surface area (Å²) in [5.74, 6) is 4.02. The fourth-order valence-corrected chi connectivity index (χ4v) is 3.45. The minimum absolute atomic E-state index is 0.590. The standard InChI is InChI=1S/C13H19N3/c1-2-10-7-12(14)16-13(15-10)11-6-8-3-4-9(11)5-8/h7-9,11H,2-6H2,1H3,(H2,14,15,16). The first-order valence-electron chi connectivity index (χ1n) is 6.39. The third kappa shape index (κ3) is 1.58. The van der Waals surface area contributed by atoms with Gasteiger partial charge in [0.25, 0.3) is 0 Å². The molecule has 2 bridgehead atoms. The second-order valence-electron chi connectivity index (χ2n) is 5.28. The van der Waals surface area contributed by atoms with Gasteiger partial charge >= 0.3 is 0 Å². The third-order valence-corrected chi connectivity index (χ3v) is 4.25. The third-order valence-electron chi connectivity index (χ3n) is 4.25. The first-order valence-corrected chi connectivity index (χ1v) is 6.39. The quantitative estimate of drug-likeness (QED) is 0.828. The van der Waals surface area contributed by atoms with Gasteiger partial charge in [-0.15, -0.1) is 0 Å². The maximum atomic E-state index is 5.85. The van der Waals surface area contributed by atoms with Gasteiger partial charge in [0.05, 0.1) is 0 Å². The van der Waals surface area contributed by atoms with Crippen LogP contribution in [0.4, 0.5) is 5.82 Å². The van der Waals surface area contributed by atoms with Crippen molar-refractivity contribution in [2.75, 3.05) is 5.73 Å². The summed E-state index contributed by atoms with van der Waals surface area (Å²) in [5, 5.41) is 0. The molecule has 3 atom stereocenters. The number of fused-ring (bicyclic) bond motifs is 2. The van der Waals surface area contributed by atoms with Crippen molar-refractivity contribution in [2.45, 2.75) is 44.9 Å². The number of aryl methyl sites for hydroxylation is 1. The zero-order chi connectivity index (χ0) is 11.1. The van der Waals surface area contributed by atoms with Gasteiger partial charge in [-0.05, 0) is 37.5 Å². The normalized spacial score (nSPS) is 32.2. The summed E-state index contributed by atoms with van der Waals surface area (Å²) in [5.41, 5.74) is 6.94. The van der Waals surface area contributed by atoms with Crippen LogP contribution < -0.4 is 5.73 Å². The fraction of sp³-hybridized carbons (Fsp3) is 0.692. The van der Waals surface area contributed by atoms with Gasteiger partial charge in [0.2, 0.25) is 0 Å². The molecule has 2 aliphatic carbocycles. The second kappa shape index (κ2) is 3.72. The van der Waals surface area contributed by atoms with Crippen LogP contribution in [0, 0.1) is 11.8 Å². The predicted octanol–water partition coefficient (Wildman–Crippen LogP) is 2.52. The van der Waals surface area contributed by atoms with E-state index >= 15 is 0 Å². The lowest BCUT2D eigenvalue weighted by molar-refractivity contribution is 0.405. The van der Waals surface area contributed by atoms with Crippen molar-refractivity contribution >= 4 is 5.82 Å². The van der Waals surface area contributed by atoms with E-state index in [0.29, 0.717) is 11.7 Å². The largest absolute Gasteiger partial charge is 0.384 e. The number of nitrogen functional groups attached to an aromatic ring is 1. The Morgan fingerprint density at radius 2 is 2.19 bits per heavy atom. The van der Waals surface area contributed by atoms with Crippen LogP contribution in [0.3, 0.4) is 0 Å².